The van der Waals surface area contributed by atoms with E-state index >= 15 is 0 Å². The summed E-state index contributed by atoms with van der Waals surface area (Å²) in [5.74, 6) is 0. The van der Waals surface area contributed by atoms with Crippen LogP contribution in [0.15, 0.2) is 17.4 Å². The molecular formula is C26H48N5O8S+. The van der Waals surface area contributed by atoms with Gasteiger partial charge >= 0.3 is 10.8 Å². The normalized spacial score (nSPS) is 22.7. The molecule has 0 aliphatic carbocycles. The van der Waals surface area contributed by atoms with Gasteiger partial charge < -0.3 is 29.0 Å². The number of H-pyrrole nitrogens is 1. The minimum Gasteiger partial charge on any atom is -0.556 e. The minimum absolute atomic E-state index is 0.00965. The average Bonchev–Trinajstić information content (AvgIpc) is 3.48. The van der Waals surface area contributed by atoms with Gasteiger partial charge in [0.25, 0.3) is 5.56 Å². The van der Waals surface area contributed by atoms with Crippen molar-refractivity contribution in [3.05, 3.63) is 23.0 Å². The molecule has 230 valence electrons. The molecule has 0 saturated carbocycles. The van der Waals surface area contributed by atoms with Crippen molar-refractivity contribution in [3.63, 3.8) is 0 Å². The van der Waals surface area contributed by atoms with Gasteiger partial charge in [-0.25, -0.2) is 9.97 Å². The molecule has 0 aromatic carbocycles. The average molecular weight is 591 g/mol. The number of aromatic amines is 1. The Morgan fingerprint density at radius 1 is 1.00 bits per heavy atom. The van der Waals surface area contributed by atoms with Gasteiger partial charge in [-0.15, -0.1) is 4.18 Å². The van der Waals surface area contributed by atoms with E-state index in [2.05, 4.69) is 46.8 Å². The van der Waals surface area contributed by atoms with E-state index in [1.165, 1.54) is 92.9 Å². The lowest BCUT2D eigenvalue weighted by Crippen LogP contribution is -2.50. The van der Waals surface area contributed by atoms with E-state index in [-0.39, 0.29) is 11.2 Å². The predicted molar refractivity (Wildman–Crippen MR) is 151 cm³/mol. The van der Waals surface area contributed by atoms with Gasteiger partial charge in [-0.1, -0.05) is 53.4 Å². The van der Waals surface area contributed by atoms with Crippen LogP contribution in [-0.4, -0.2) is 94.4 Å². The summed E-state index contributed by atoms with van der Waals surface area (Å²) in [5.41, 5.74) is -0.371. The molecule has 4 N–H and O–H groups in total. The first-order chi connectivity index (χ1) is 19.0. The Balaban J connectivity index is 0.000000296. The van der Waals surface area contributed by atoms with Crippen LogP contribution >= 0.6 is 0 Å². The third-order valence-electron chi connectivity index (χ3n) is 7.30. The van der Waals surface area contributed by atoms with Gasteiger partial charge in [0.05, 0.1) is 38.8 Å². The van der Waals surface area contributed by atoms with Crippen LogP contribution in [0.2, 0.25) is 0 Å². The quantitative estimate of drug-likeness (QED) is 0.167. The number of hydrogen-bond donors (Lipinski definition) is 4. The van der Waals surface area contributed by atoms with E-state index in [4.69, 9.17) is 9.29 Å². The molecule has 13 nitrogen and oxygen atoms in total. The van der Waals surface area contributed by atoms with Crippen LogP contribution in [0.1, 0.15) is 85.3 Å². The number of fused-ring (bicyclic) bond motifs is 1. The van der Waals surface area contributed by atoms with Crippen LogP contribution in [0.4, 0.5) is 0 Å². The Kier molecular flexibility index (Phi) is 14.3. The van der Waals surface area contributed by atoms with Gasteiger partial charge in [0.15, 0.2) is 17.4 Å². The molecule has 0 amide bonds. The fourth-order valence-electron chi connectivity index (χ4n) is 4.94. The van der Waals surface area contributed by atoms with Crippen LogP contribution in [0.25, 0.3) is 11.2 Å². The van der Waals surface area contributed by atoms with Crippen molar-refractivity contribution >= 4 is 21.9 Å². The highest BCUT2D eigenvalue weighted by Gasteiger charge is 2.45. The molecule has 2 aromatic rings. The highest BCUT2D eigenvalue weighted by molar-refractivity contribution is 7.87. The van der Waals surface area contributed by atoms with Gasteiger partial charge in [-0.3, -0.25) is 9.36 Å². The van der Waals surface area contributed by atoms with E-state index in [9.17, 15) is 23.8 Å². The Morgan fingerprint density at radius 2 is 1.52 bits per heavy atom. The Hall–Kier alpha value is -1.78. The summed E-state index contributed by atoms with van der Waals surface area (Å²) in [6.45, 7) is 14.3. The van der Waals surface area contributed by atoms with Crippen molar-refractivity contribution in [2.24, 2.45) is 0 Å². The van der Waals surface area contributed by atoms with E-state index in [0.717, 1.165) is 6.33 Å². The van der Waals surface area contributed by atoms with Gasteiger partial charge in [0, 0.05) is 0 Å². The largest absolute Gasteiger partial charge is 0.556 e. The lowest BCUT2D eigenvalue weighted by atomic mass is 10.1. The maximum Gasteiger partial charge on any atom is 0.334 e. The summed E-state index contributed by atoms with van der Waals surface area (Å²) in [4.78, 5) is 21.7. The Bertz CT molecular complexity index is 1070. The molecule has 1 saturated heterocycles. The molecule has 0 spiro atoms. The van der Waals surface area contributed by atoms with E-state index < -0.39 is 47.5 Å². The van der Waals surface area contributed by atoms with E-state index in [1.807, 2.05) is 0 Å². The van der Waals surface area contributed by atoms with Gasteiger partial charge in [-0.2, -0.15) is 4.55 Å². The third kappa shape index (κ3) is 9.94. The minimum atomic E-state index is -4.71. The second-order valence-corrected chi connectivity index (χ2v) is 11.6. The molecule has 0 bridgehead atoms. The second kappa shape index (κ2) is 16.6. The first-order valence-corrected chi connectivity index (χ1v) is 15.8. The van der Waals surface area contributed by atoms with Crippen LogP contribution < -0.4 is 5.56 Å². The Labute approximate surface area is 237 Å². The van der Waals surface area contributed by atoms with Crippen LogP contribution in [0.3, 0.4) is 0 Å². The summed E-state index contributed by atoms with van der Waals surface area (Å²) in [5, 5.41) is 19.9. The molecule has 1 fully saturated rings. The fraction of sp³-hybridized carbons (Fsp3) is 0.808. The van der Waals surface area contributed by atoms with Gasteiger partial charge in [0.2, 0.25) is 0 Å². The predicted octanol–water partition coefficient (Wildman–Crippen LogP) is 2.78. The molecule has 5 atom stereocenters. The highest BCUT2D eigenvalue weighted by atomic mass is 32.3. The van der Waals surface area contributed by atoms with Gasteiger partial charge in [-0.05, 0) is 29.9 Å². The monoisotopic (exact) mass is 590 g/mol. The van der Waals surface area contributed by atoms with E-state index in [1.54, 1.807) is 0 Å². The van der Waals surface area contributed by atoms with Crippen molar-refractivity contribution < 1.29 is 36.9 Å². The van der Waals surface area contributed by atoms with Crippen LogP contribution in [-0.2, 0) is 23.9 Å². The fourth-order valence-corrected chi connectivity index (χ4v) is 5.25. The maximum absolute atomic E-state index is 11.6. The first-order valence-electron chi connectivity index (χ1n) is 14.4. The number of aliphatic hydroxyl groups excluding tert-OH is 2. The molecule has 2 aromatic heterocycles. The van der Waals surface area contributed by atoms with E-state index in [0.29, 0.717) is 0 Å². The number of quaternary nitrogens is 1. The number of ether oxygens (including phenoxy) is 1. The second-order valence-electron chi connectivity index (χ2n) is 10.5. The SMILES string of the molecule is CCCC[N+](CCCC)(CCCC)CCCC.O=c1[nH]cnc2c1ncn2[C@@H]1O[C@H](CO[S+](=O)([O-])O)[C@@H](O)[C@H]1O. The number of aromatic nitrogens is 4. The maximum atomic E-state index is 11.6. The standard InChI is InChI=1S/C16H36N.C10H12N4O8S/c1-5-9-13-17(14-10-6-2,15-11-7-3)16-12-8-4;15-6-4(1-21-23(18,19)20)22-10(7(6)16)14-3-13-5-8(14)11-2-12-9(5)17/h5-16H2,1-4H3;2-4,6-7,10,15-16H,1H2,(H2-,11,12,17,18,19,20)/q+1;/t;4-,6-,7-,10-/m.1/s1. The van der Waals surface area contributed by atoms with Gasteiger partial charge in [0.1, 0.15) is 24.9 Å². The lowest BCUT2D eigenvalue weighted by molar-refractivity contribution is -0.929. The number of aliphatic hydroxyl groups is 2. The smallest absolute Gasteiger partial charge is 0.334 e. The number of rotatable bonds is 16. The molecule has 3 heterocycles. The summed E-state index contributed by atoms with van der Waals surface area (Å²) in [6, 6.07) is 0. The van der Waals surface area contributed by atoms with Crippen molar-refractivity contribution in [1.82, 2.24) is 19.5 Å². The highest BCUT2D eigenvalue weighted by Crippen LogP contribution is 2.31. The number of nitrogens with zero attached hydrogens (tertiary/aromatic N) is 4. The van der Waals surface area contributed by atoms with Crippen molar-refractivity contribution in [2.75, 3.05) is 32.8 Å². The summed E-state index contributed by atoms with van der Waals surface area (Å²) < 4.78 is 41.8. The van der Waals surface area contributed by atoms with Crippen molar-refractivity contribution in [1.29, 1.82) is 0 Å². The molecule has 40 heavy (non-hydrogen) atoms. The van der Waals surface area contributed by atoms with Crippen molar-refractivity contribution in [3.8, 4) is 0 Å². The zero-order valence-electron chi connectivity index (χ0n) is 24.2. The lowest BCUT2D eigenvalue weighted by Gasteiger charge is -2.39. The molecule has 3 rings (SSSR count). The summed E-state index contributed by atoms with van der Waals surface area (Å²) in [6.07, 6.45) is 8.06. The molecule has 1 aliphatic rings. The zero-order valence-corrected chi connectivity index (χ0v) is 25.1. The topological polar surface area (TPSA) is 183 Å². The third-order valence-corrected chi connectivity index (χ3v) is 7.74. The van der Waals surface area contributed by atoms with Crippen LogP contribution in [0.5, 0.6) is 0 Å². The molecular weight excluding hydrogens is 542 g/mol. The van der Waals surface area contributed by atoms with Crippen molar-refractivity contribution in [2.45, 2.75) is 104 Å². The zero-order chi connectivity index (χ0) is 29.8. The van der Waals surface area contributed by atoms with Crippen LogP contribution in [0, 0.1) is 0 Å². The first kappa shape index (κ1) is 34.4. The molecule has 0 radical (unpaired) electrons. The molecule has 14 heteroatoms. The molecule has 1 unspecified atom stereocenters. The summed E-state index contributed by atoms with van der Waals surface area (Å²) in [7, 11) is -4.71. The number of imidazole rings is 1. The number of nitrogens with one attached hydrogen (secondary N) is 1. The molecule has 1 aliphatic heterocycles. The number of unbranched alkanes of at least 4 members (excludes halogenated alkanes) is 4. The summed E-state index contributed by atoms with van der Waals surface area (Å²) >= 11 is 0. The Morgan fingerprint density at radius 3 is 2.00 bits per heavy atom. The number of hydrogen-bond acceptors (Lipinski definition) is 9.